The average molecular weight is 405 g/mol. The molecule has 1 saturated heterocycles. The summed E-state index contributed by atoms with van der Waals surface area (Å²) in [5, 5.41) is 6.86. The standard InChI is InChI=1S/C20H18F3N3O3/c21-15-9-13(8-14(10-15)19-25-26-20(29-19)18(22)23)17-16(2-1-5-24-17)28-11-12-3-6-27-7-4-12/h1-2,5,8-10,12,18H,3-4,6-7,11H2. The zero-order valence-electron chi connectivity index (χ0n) is 15.4. The molecule has 0 radical (unpaired) electrons. The van der Waals surface area contributed by atoms with Crippen molar-refractivity contribution in [2.75, 3.05) is 19.8 Å². The molecule has 0 amide bonds. The van der Waals surface area contributed by atoms with Gasteiger partial charge in [0, 0.05) is 30.5 Å². The fraction of sp³-hybridized carbons (Fsp3) is 0.350. The van der Waals surface area contributed by atoms with Crippen LogP contribution in [0.3, 0.4) is 0 Å². The van der Waals surface area contributed by atoms with Crippen LogP contribution >= 0.6 is 0 Å². The Morgan fingerprint density at radius 1 is 1.10 bits per heavy atom. The Balaban J connectivity index is 1.61. The van der Waals surface area contributed by atoms with E-state index in [2.05, 4.69) is 15.2 Å². The Hall–Kier alpha value is -2.94. The summed E-state index contributed by atoms with van der Waals surface area (Å²) >= 11 is 0. The molecule has 0 saturated carbocycles. The van der Waals surface area contributed by atoms with Crippen LogP contribution in [0.25, 0.3) is 22.7 Å². The first kappa shape index (κ1) is 19.4. The van der Waals surface area contributed by atoms with Crippen molar-refractivity contribution in [3.05, 3.63) is 48.2 Å². The van der Waals surface area contributed by atoms with E-state index in [-0.39, 0.29) is 11.5 Å². The average Bonchev–Trinajstić information content (AvgIpc) is 3.24. The van der Waals surface area contributed by atoms with Crippen LogP contribution in [-0.2, 0) is 4.74 Å². The van der Waals surface area contributed by atoms with Crippen molar-refractivity contribution in [3.63, 3.8) is 0 Å². The van der Waals surface area contributed by atoms with Crippen LogP contribution in [0.15, 0.2) is 40.9 Å². The van der Waals surface area contributed by atoms with Crippen LogP contribution in [-0.4, -0.2) is 35.0 Å². The number of hydrogen-bond donors (Lipinski definition) is 0. The van der Waals surface area contributed by atoms with E-state index >= 15 is 0 Å². The molecule has 0 aliphatic carbocycles. The molecule has 3 heterocycles. The molecular formula is C20H18F3N3O3. The minimum Gasteiger partial charge on any atom is -0.491 e. The highest BCUT2D eigenvalue weighted by atomic mass is 19.3. The van der Waals surface area contributed by atoms with Crippen LogP contribution in [0.4, 0.5) is 13.2 Å². The van der Waals surface area contributed by atoms with E-state index in [0.29, 0.717) is 42.7 Å². The van der Waals surface area contributed by atoms with Crippen molar-refractivity contribution in [1.29, 1.82) is 0 Å². The van der Waals surface area contributed by atoms with Gasteiger partial charge < -0.3 is 13.9 Å². The number of alkyl halides is 2. The summed E-state index contributed by atoms with van der Waals surface area (Å²) in [7, 11) is 0. The molecule has 0 spiro atoms. The predicted molar refractivity (Wildman–Crippen MR) is 96.9 cm³/mol. The monoisotopic (exact) mass is 405 g/mol. The first-order valence-corrected chi connectivity index (χ1v) is 9.18. The lowest BCUT2D eigenvalue weighted by Gasteiger charge is -2.22. The Kier molecular flexibility index (Phi) is 5.75. The van der Waals surface area contributed by atoms with Gasteiger partial charge in [-0.25, -0.2) is 4.39 Å². The summed E-state index contributed by atoms with van der Waals surface area (Å²) in [6, 6.07) is 7.47. The summed E-state index contributed by atoms with van der Waals surface area (Å²) in [6.07, 6.45) is 0.514. The smallest absolute Gasteiger partial charge is 0.314 e. The second-order valence-electron chi connectivity index (χ2n) is 6.69. The van der Waals surface area contributed by atoms with Gasteiger partial charge in [0.2, 0.25) is 5.89 Å². The molecule has 152 valence electrons. The van der Waals surface area contributed by atoms with Gasteiger partial charge in [0.25, 0.3) is 5.89 Å². The first-order chi connectivity index (χ1) is 14.1. The summed E-state index contributed by atoms with van der Waals surface area (Å²) in [4.78, 5) is 4.32. The van der Waals surface area contributed by atoms with Crippen LogP contribution in [0.2, 0.25) is 0 Å². The summed E-state index contributed by atoms with van der Waals surface area (Å²) in [6.45, 7) is 1.93. The highest BCUT2D eigenvalue weighted by molar-refractivity contribution is 5.71. The van der Waals surface area contributed by atoms with Gasteiger partial charge in [-0.05, 0) is 49.1 Å². The molecule has 1 aromatic carbocycles. The topological polar surface area (TPSA) is 70.3 Å². The fourth-order valence-electron chi connectivity index (χ4n) is 3.13. The number of halogens is 3. The molecule has 2 aromatic heterocycles. The van der Waals surface area contributed by atoms with Crippen LogP contribution in [0, 0.1) is 11.7 Å². The normalized spacial score (nSPS) is 15.0. The molecule has 0 atom stereocenters. The Morgan fingerprint density at radius 3 is 2.66 bits per heavy atom. The van der Waals surface area contributed by atoms with Gasteiger partial charge in [0.15, 0.2) is 0 Å². The first-order valence-electron chi connectivity index (χ1n) is 9.18. The third-order valence-corrected chi connectivity index (χ3v) is 4.63. The highest BCUT2D eigenvalue weighted by Gasteiger charge is 2.20. The molecule has 0 bridgehead atoms. The van der Waals surface area contributed by atoms with E-state index < -0.39 is 18.1 Å². The minimum absolute atomic E-state index is 0.181. The molecule has 29 heavy (non-hydrogen) atoms. The van der Waals surface area contributed by atoms with Crippen molar-refractivity contribution in [1.82, 2.24) is 15.2 Å². The molecule has 4 rings (SSSR count). The molecule has 1 fully saturated rings. The maximum atomic E-state index is 14.3. The van der Waals surface area contributed by atoms with Crippen LogP contribution in [0.5, 0.6) is 5.75 Å². The third-order valence-electron chi connectivity index (χ3n) is 4.63. The van der Waals surface area contributed by atoms with Gasteiger partial charge in [-0.2, -0.15) is 8.78 Å². The maximum absolute atomic E-state index is 14.3. The largest absolute Gasteiger partial charge is 0.491 e. The SMILES string of the molecule is Fc1cc(-c2nnc(C(F)F)o2)cc(-c2ncccc2OCC2CCOCC2)c1. The second kappa shape index (κ2) is 8.60. The van der Waals surface area contributed by atoms with E-state index in [1.165, 1.54) is 6.07 Å². The maximum Gasteiger partial charge on any atom is 0.314 e. The van der Waals surface area contributed by atoms with E-state index in [4.69, 9.17) is 13.9 Å². The quantitative estimate of drug-likeness (QED) is 0.593. The lowest BCUT2D eigenvalue weighted by molar-refractivity contribution is 0.0498. The van der Waals surface area contributed by atoms with Gasteiger partial charge in [-0.3, -0.25) is 4.98 Å². The molecule has 0 unspecified atom stereocenters. The Bertz CT molecular complexity index is 974. The Morgan fingerprint density at radius 2 is 1.90 bits per heavy atom. The van der Waals surface area contributed by atoms with Crippen LogP contribution < -0.4 is 4.74 Å². The fourth-order valence-corrected chi connectivity index (χ4v) is 3.13. The summed E-state index contributed by atoms with van der Waals surface area (Å²) < 4.78 is 55.9. The zero-order chi connectivity index (χ0) is 20.2. The Labute approximate surface area is 164 Å². The van der Waals surface area contributed by atoms with E-state index in [1.54, 1.807) is 24.4 Å². The number of rotatable bonds is 6. The second-order valence-corrected chi connectivity index (χ2v) is 6.69. The zero-order valence-corrected chi connectivity index (χ0v) is 15.4. The van der Waals surface area contributed by atoms with Gasteiger partial charge in [-0.15, -0.1) is 10.2 Å². The number of pyridine rings is 1. The van der Waals surface area contributed by atoms with E-state index in [1.807, 2.05) is 0 Å². The van der Waals surface area contributed by atoms with Gasteiger partial charge in [-0.1, -0.05) is 0 Å². The van der Waals surface area contributed by atoms with Crippen molar-refractivity contribution in [2.24, 2.45) is 5.92 Å². The van der Waals surface area contributed by atoms with Gasteiger partial charge in [0.1, 0.15) is 17.3 Å². The molecular weight excluding hydrogens is 387 g/mol. The van der Waals surface area contributed by atoms with Gasteiger partial charge >= 0.3 is 6.43 Å². The van der Waals surface area contributed by atoms with Gasteiger partial charge in [0.05, 0.1) is 6.61 Å². The van der Waals surface area contributed by atoms with E-state index in [9.17, 15) is 13.2 Å². The summed E-state index contributed by atoms with van der Waals surface area (Å²) in [5.41, 5.74) is 1.04. The van der Waals surface area contributed by atoms with Crippen molar-refractivity contribution >= 4 is 0 Å². The van der Waals surface area contributed by atoms with Crippen molar-refractivity contribution in [3.8, 4) is 28.5 Å². The molecule has 0 N–H and O–H groups in total. The number of hydrogen-bond acceptors (Lipinski definition) is 6. The lowest BCUT2D eigenvalue weighted by atomic mass is 10.0. The van der Waals surface area contributed by atoms with Crippen molar-refractivity contribution < 1.29 is 27.1 Å². The van der Waals surface area contributed by atoms with Crippen LogP contribution in [0.1, 0.15) is 25.2 Å². The van der Waals surface area contributed by atoms with E-state index in [0.717, 1.165) is 18.9 Å². The number of nitrogens with zero attached hydrogens (tertiary/aromatic N) is 3. The molecule has 6 nitrogen and oxygen atoms in total. The number of ether oxygens (including phenoxy) is 2. The number of benzene rings is 1. The van der Waals surface area contributed by atoms with Crippen molar-refractivity contribution in [2.45, 2.75) is 19.3 Å². The highest BCUT2D eigenvalue weighted by Crippen LogP contribution is 2.33. The number of aromatic nitrogens is 3. The third kappa shape index (κ3) is 4.56. The molecule has 9 heteroatoms. The molecule has 1 aliphatic rings. The summed E-state index contributed by atoms with van der Waals surface area (Å²) in [5.74, 6) is -0.707. The predicted octanol–water partition coefficient (Wildman–Crippen LogP) is 4.68. The minimum atomic E-state index is -2.90. The molecule has 1 aliphatic heterocycles. The molecule has 3 aromatic rings. The lowest BCUT2D eigenvalue weighted by Crippen LogP contribution is -2.21.